The predicted octanol–water partition coefficient (Wildman–Crippen LogP) is 3.66. The monoisotopic (exact) mass is 209 g/mol. The Morgan fingerprint density at radius 1 is 1.36 bits per heavy atom. The molecule has 74 valence electrons. The summed E-state index contributed by atoms with van der Waals surface area (Å²) in [6.45, 7) is 5.84. The molecule has 1 heterocycles. The van der Waals surface area contributed by atoms with E-state index in [1.54, 1.807) is 0 Å². The zero-order valence-electron chi connectivity index (χ0n) is 8.47. The number of hydrogen-bond acceptors (Lipinski definition) is 2. The number of halogens is 1. The summed E-state index contributed by atoms with van der Waals surface area (Å²) in [4.78, 5) is 4.31. The van der Waals surface area contributed by atoms with Crippen molar-refractivity contribution in [1.29, 1.82) is 0 Å². The number of nitrogens with zero attached hydrogens (tertiary/aromatic N) is 1. The van der Waals surface area contributed by atoms with Gasteiger partial charge in [-0.15, -0.1) is 0 Å². The molecule has 2 nitrogen and oxygen atoms in total. The van der Waals surface area contributed by atoms with Crippen LogP contribution < -0.4 is 0 Å². The molecule has 0 bridgehead atoms. The standard InChI is InChI=1S/C11H12ClNO/c1-7-13-9-6-4-5-8(12)10(9)11(2,3)14-7/h4-6H,1-3H3. The van der Waals surface area contributed by atoms with Crippen LogP contribution in [0, 0.1) is 0 Å². The minimum atomic E-state index is -0.389. The molecule has 0 radical (unpaired) electrons. The van der Waals surface area contributed by atoms with E-state index >= 15 is 0 Å². The van der Waals surface area contributed by atoms with Gasteiger partial charge < -0.3 is 4.74 Å². The third kappa shape index (κ3) is 1.40. The number of aliphatic imine (C=N–C) groups is 1. The van der Waals surface area contributed by atoms with E-state index in [1.807, 2.05) is 39.0 Å². The third-order valence-corrected chi connectivity index (χ3v) is 2.59. The molecule has 0 aromatic heterocycles. The zero-order chi connectivity index (χ0) is 10.3. The molecule has 14 heavy (non-hydrogen) atoms. The maximum atomic E-state index is 6.13. The largest absolute Gasteiger partial charge is 0.470 e. The molecule has 0 N–H and O–H groups in total. The average Bonchev–Trinajstić information content (AvgIpc) is 2.00. The Labute approximate surface area is 88.6 Å². The SMILES string of the molecule is CC1=Nc2cccc(Cl)c2C(C)(C)O1. The fraction of sp³-hybridized carbons (Fsp3) is 0.364. The van der Waals surface area contributed by atoms with E-state index in [4.69, 9.17) is 16.3 Å². The lowest BCUT2D eigenvalue weighted by Gasteiger charge is -2.32. The molecule has 0 aliphatic carbocycles. The Morgan fingerprint density at radius 3 is 2.79 bits per heavy atom. The van der Waals surface area contributed by atoms with Gasteiger partial charge in [-0.1, -0.05) is 17.7 Å². The van der Waals surface area contributed by atoms with E-state index in [2.05, 4.69) is 4.99 Å². The van der Waals surface area contributed by atoms with Crippen molar-refractivity contribution < 1.29 is 4.74 Å². The van der Waals surface area contributed by atoms with Crippen LogP contribution in [0.15, 0.2) is 23.2 Å². The Bertz CT molecular complexity index is 410. The number of benzene rings is 1. The molecule has 3 heteroatoms. The maximum Gasteiger partial charge on any atom is 0.186 e. The number of ether oxygens (including phenoxy) is 1. The van der Waals surface area contributed by atoms with Crippen LogP contribution in [0.1, 0.15) is 26.3 Å². The van der Waals surface area contributed by atoms with Gasteiger partial charge in [-0.3, -0.25) is 0 Å². The molecule has 1 aliphatic heterocycles. The van der Waals surface area contributed by atoms with E-state index in [1.165, 1.54) is 0 Å². The quantitative estimate of drug-likeness (QED) is 0.639. The minimum absolute atomic E-state index is 0.389. The highest BCUT2D eigenvalue weighted by atomic mass is 35.5. The summed E-state index contributed by atoms with van der Waals surface area (Å²) in [5, 5.41) is 0.712. The lowest BCUT2D eigenvalue weighted by Crippen LogP contribution is -2.27. The van der Waals surface area contributed by atoms with Gasteiger partial charge >= 0.3 is 0 Å². The molecule has 0 saturated heterocycles. The Morgan fingerprint density at radius 2 is 2.07 bits per heavy atom. The minimum Gasteiger partial charge on any atom is -0.470 e. The number of hydrogen-bond donors (Lipinski definition) is 0. The van der Waals surface area contributed by atoms with Gasteiger partial charge in [0.2, 0.25) is 0 Å². The Hall–Kier alpha value is -1.02. The van der Waals surface area contributed by atoms with Crippen LogP contribution in [-0.4, -0.2) is 5.90 Å². The Balaban J connectivity index is 2.70. The van der Waals surface area contributed by atoms with Crippen molar-refractivity contribution in [3.63, 3.8) is 0 Å². The first-order valence-electron chi connectivity index (χ1n) is 4.54. The van der Waals surface area contributed by atoms with Crippen molar-refractivity contribution in [3.05, 3.63) is 28.8 Å². The second kappa shape index (κ2) is 2.99. The normalized spacial score (nSPS) is 18.1. The summed E-state index contributed by atoms with van der Waals surface area (Å²) < 4.78 is 5.65. The molecule has 0 atom stereocenters. The summed E-state index contributed by atoms with van der Waals surface area (Å²) in [6.07, 6.45) is 0. The van der Waals surface area contributed by atoms with Crippen molar-refractivity contribution in [2.24, 2.45) is 4.99 Å². The highest BCUT2D eigenvalue weighted by Gasteiger charge is 2.31. The summed E-state index contributed by atoms with van der Waals surface area (Å²) >= 11 is 6.13. The van der Waals surface area contributed by atoms with Crippen LogP contribution in [0.3, 0.4) is 0 Å². The van der Waals surface area contributed by atoms with Gasteiger partial charge in [0.1, 0.15) is 5.60 Å². The van der Waals surface area contributed by atoms with Gasteiger partial charge in [-0.05, 0) is 26.0 Å². The second-order valence-corrected chi connectivity index (χ2v) is 4.28. The van der Waals surface area contributed by atoms with Crippen LogP contribution in [0.25, 0.3) is 0 Å². The van der Waals surface area contributed by atoms with Crippen LogP contribution in [0.5, 0.6) is 0 Å². The summed E-state index contributed by atoms with van der Waals surface area (Å²) in [5.74, 6) is 0.685. The summed E-state index contributed by atoms with van der Waals surface area (Å²) in [5.41, 5.74) is 1.48. The lowest BCUT2D eigenvalue weighted by molar-refractivity contribution is 0.0892. The topological polar surface area (TPSA) is 21.6 Å². The van der Waals surface area contributed by atoms with Crippen molar-refractivity contribution in [3.8, 4) is 0 Å². The molecule has 0 fully saturated rings. The van der Waals surface area contributed by atoms with Crippen LogP contribution in [0.4, 0.5) is 5.69 Å². The highest BCUT2D eigenvalue weighted by Crippen LogP contribution is 2.41. The molecular formula is C11H12ClNO. The van der Waals surface area contributed by atoms with Crippen LogP contribution >= 0.6 is 11.6 Å². The molecule has 2 rings (SSSR count). The van der Waals surface area contributed by atoms with E-state index in [0.29, 0.717) is 10.9 Å². The van der Waals surface area contributed by atoms with Gasteiger partial charge in [-0.25, -0.2) is 4.99 Å². The van der Waals surface area contributed by atoms with Gasteiger partial charge in [0.15, 0.2) is 5.90 Å². The second-order valence-electron chi connectivity index (χ2n) is 3.88. The first-order chi connectivity index (χ1) is 6.50. The zero-order valence-corrected chi connectivity index (χ0v) is 9.22. The fourth-order valence-corrected chi connectivity index (χ4v) is 2.21. The predicted molar refractivity (Wildman–Crippen MR) is 58.3 cm³/mol. The summed E-state index contributed by atoms with van der Waals surface area (Å²) in [6, 6.07) is 5.72. The van der Waals surface area contributed by atoms with Crippen molar-refractivity contribution in [1.82, 2.24) is 0 Å². The highest BCUT2D eigenvalue weighted by molar-refractivity contribution is 6.32. The fourth-order valence-electron chi connectivity index (χ4n) is 1.81. The van der Waals surface area contributed by atoms with E-state index < -0.39 is 0 Å². The summed E-state index contributed by atoms with van der Waals surface area (Å²) in [7, 11) is 0. The molecule has 0 unspecified atom stereocenters. The van der Waals surface area contributed by atoms with Crippen LogP contribution in [0.2, 0.25) is 5.02 Å². The number of rotatable bonds is 0. The first-order valence-corrected chi connectivity index (χ1v) is 4.92. The molecule has 1 aromatic carbocycles. The third-order valence-electron chi connectivity index (χ3n) is 2.27. The van der Waals surface area contributed by atoms with Crippen LogP contribution in [-0.2, 0) is 10.3 Å². The molecule has 0 saturated carbocycles. The lowest BCUT2D eigenvalue weighted by atomic mass is 9.95. The molecular weight excluding hydrogens is 198 g/mol. The van der Waals surface area contributed by atoms with Gasteiger partial charge in [0.05, 0.1) is 5.69 Å². The van der Waals surface area contributed by atoms with Gasteiger partial charge in [0, 0.05) is 17.5 Å². The van der Waals surface area contributed by atoms with E-state index in [0.717, 1.165) is 11.3 Å². The van der Waals surface area contributed by atoms with E-state index in [-0.39, 0.29) is 5.60 Å². The first kappa shape index (κ1) is 9.53. The number of fused-ring (bicyclic) bond motifs is 1. The molecule has 0 amide bonds. The molecule has 1 aromatic rings. The smallest absolute Gasteiger partial charge is 0.186 e. The van der Waals surface area contributed by atoms with E-state index in [9.17, 15) is 0 Å². The molecule has 1 aliphatic rings. The van der Waals surface area contributed by atoms with Crippen molar-refractivity contribution in [2.45, 2.75) is 26.4 Å². The Kier molecular flexibility index (Phi) is 2.04. The molecule has 0 spiro atoms. The van der Waals surface area contributed by atoms with Gasteiger partial charge in [0.25, 0.3) is 0 Å². The average molecular weight is 210 g/mol. The van der Waals surface area contributed by atoms with Crippen molar-refractivity contribution in [2.75, 3.05) is 0 Å². The maximum absolute atomic E-state index is 6.13. The van der Waals surface area contributed by atoms with Crippen molar-refractivity contribution >= 4 is 23.2 Å². The van der Waals surface area contributed by atoms with Gasteiger partial charge in [-0.2, -0.15) is 0 Å².